The van der Waals surface area contributed by atoms with Crippen molar-refractivity contribution in [3.63, 3.8) is 0 Å². The Balaban J connectivity index is 2.52. The molecule has 0 spiro atoms. The Labute approximate surface area is 74.2 Å². The first-order chi connectivity index (χ1) is 5.05. The molecule has 0 radical (unpaired) electrons. The number of hydrogen-bond donors (Lipinski definition) is 0. The van der Waals surface area contributed by atoms with E-state index in [4.69, 9.17) is 9.47 Å². The van der Waals surface area contributed by atoms with E-state index in [1.165, 1.54) is 0 Å². The molecule has 0 aromatic rings. The molecule has 0 N–H and O–H groups in total. The summed E-state index contributed by atoms with van der Waals surface area (Å²) in [5.74, 6) is -0.987. The third kappa shape index (κ3) is 2.17. The van der Waals surface area contributed by atoms with E-state index in [1.807, 2.05) is 0 Å². The normalized spacial score (nSPS) is 28.6. The number of hydrogen-bond acceptors (Lipinski definition) is 3. The number of cyclic esters (lactones) is 1. The van der Waals surface area contributed by atoms with Crippen molar-refractivity contribution in [3.8, 4) is 0 Å². The molecule has 0 aromatic carbocycles. The Morgan fingerprint density at radius 3 is 2.64 bits per heavy atom. The van der Waals surface area contributed by atoms with E-state index in [1.54, 1.807) is 13.8 Å². The molecular weight excluding hydrogens is 212 g/mol. The predicted molar refractivity (Wildman–Crippen MR) is 43.5 cm³/mol. The number of ether oxygens (including phenoxy) is 2. The van der Waals surface area contributed by atoms with Crippen molar-refractivity contribution >= 4 is 21.9 Å². The van der Waals surface area contributed by atoms with Gasteiger partial charge in [0, 0.05) is 19.2 Å². The largest absolute Gasteiger partial charge is 0.432 e. The van der Waals surface area contributed by atoms with Crippen LogP contribution in [0.15, 0.2) is 0 Å². The van der Waals surface area contributed by atoms with E-state index in [-0.39, 0.29) is 12.1 Å². The Kier molecular flexibility index (Phi) is 2.54. The molecule has 3 nitrogen and oxygen atoms in total. The van der Waals surface area contributed by atoms with Crippen LogP contribution in [-0.2, 0) is 14.3 Å². The molecule has 0 aromatic heterocycles. The van der Waals surface area contributed by atoms with Gasteiger partial charge in [-0.1, -0.05) is 15.9 Å². The maximum atomic E-state index is 11.0. The zero-order chi connectivity index (χ0) is 8.48. The summed E-state index contributed by atoms with van der Waals surface area (Å²) in [5.41, 5.74) is 0. The Bertz CT molecular complexity index is 167. The monoisotopic (exact) mass is 222 g/mol. The lowest BCUT2D eigenvalue weighted by Gasteiger charge is -2.14. The second kappa shape index (κ2) is 3.11. The summed E-state index contributed by atoms with van der Waals surface area (Å²) in [6.07, 6.45) is 0.284. The Morgan fingerprint density at radius 2 is 2.27 bits per heavy atom. The molecule has 0 saturated carbocycles. The summed E-state index contributed by atoms with van der Waals surface area (Å²) in [6.45, 7) is 3.47. The molecule has 4 heteroatoms. The number of halogens is 1. The van der Waals surface area contributed by atoms with Gasteiger partial charge in [-0.25, -0.2) is 4.79 Å². The minimum Gasteiger partial charge on any atom is -0.432 e. The highest BCUT2D eigenvalue weighted by Crippen LogP contribution is 2.25. The zero-order valence-corrected chi connectivity index (χ0v) is 8.18. The Morgan fingerprint density at radius 1 is 1.64 bits per heavy atom. The van der Waals surface area contributed by atoms with Crippen LogP contribution in [0.4, 0.5) is 0 Å². The van der Waals surface area contributed by atoms with Crippen molar-refractivity contribution in [3.05, 3.63) is 0 Å². The van der Waals surface area contributed by atoms with Crippen LogP contribution in [0, 0.1) is 0 Å². The van der Waals surface area contributed by atoms with Crippen LogP contribution in [0.3, 0.4) is 0 Å². The number of alkyl halides is 1. The average Bonchev–Trinajstić information content (AvgIpc) is 2.07. The van der Waals surface area contributed by atoms with Gasteiger partial charge in [-0.3, -0.25) is 0 Å². The topological polar surface area (TPSA) is 35.5 Å². The van der Waals surface area contributed by atoms with Crippen molar-refractivity contribution in [2.45, 2.75) is 32.2 Å². The molecule has 0 unspecified atom stereocenters. The summed E-state index contributed by atoms with van der Waals surface area (Å²) < 4.78 is 10.2. The van der Waals surface area contributed by atoms with Gasteiger partial charge in [0.25, 0.3) is 0 Å². The van der Waals surface area contributed by atoms with Gasteiger partial charge in [0.1, 0.15) is 0 Å². The molecule has 0 amide bonds. The first-order valence-electron chi connectivity index (χ1n) is 3.52. The van der Waals surface area contributed by atoms with Gasteiger partial charge >= 0.3 is 5.97 Å². The van der Waals surface area contributed by atoms with Crippen LogP contribution in [0.2, 0.25) is 0 Å². The highest BCUT2D eigenvalue weighted by molar-refractivity contribution is 9.09. The summed E-state index contributed by atoms with van der Waals surface area (Å²) in [7, 11) is 0. The standard InChI is InChI=1S/C7H11BrO3/c1-7(2)10-5(3-4-8)6(9)11-7/h5H,3-4H2,1-2H3/t5-/m0/s1. The molecular formula is C7H11BrO3. The van der Waals surface area contributed by atoms with Gasteiger partial charge in [0.15, 0.2) is 6.10 Å². The van der Waals surface area contributed by atoms with Crippen molar-refractivity contribution in [1.82, 2.24) is 0 Å². The minimum atomic E-state index is -0.732. The van der Waals surface area contributed by atoms with Crippen LogP contribution in [-0.4, -0.2) is 23.2 Å². The fourth-order valence-electron chi connectivity index (χ4n) is 0.999. The van der Waals surface area contributed by atoms with Crippen LogP contribution in [0.1, 0.15) is 20.3 Å². The molecule has 1 atom stereocenters. The summed E-state index contributed by atoms with van der Waals surface area (Å²) in [5, 5.41) is 0.753. The molecule has 1 fully saturated rings. The summed E-state index contributed by atoms with van der Waals surface area (Å²) >= 11 is 3.24. The maximum absolute atomic E-state index is 11.0. The molecule has 0 bridgehead atoms. The van der Waals surface area contributed by atoms with Crippen LogP contribution in [0.5, 0.6) is 0 Å². The Hall–Kier alpha value is -0.0900. The molecule has 1 rings (SSSR count). The van der Waals surface area contributed by atoms with Crippen molar-refractivity contribution in [2.24, 2.45) is 0 Å². The van der Waals surface area contributed by atoms with Gasteiger partial charge in [-0.2, -0.15) is 0 Å². The molecule has 0 aliphatic carbocycles. The van der Waals surface area contributed by atoms with Gasteiger partial charge in [0.2, 0.25) is 5.79 Å². The quantitative estimate of drug-likeness (QED) is 0.525. The zero-order valence-electron chi connectivity index (χ0n) is 6.59. The first-order valence-corrected chi connectivity index (χ1v) is 4.64. The number of rotatable bonds is 2. The number of carbonyl (C=O) groups excluding carboxylic acids is 1. The summed E-state index contributed by atoms with van der Waals surface area (Å²) in [6, 6.07) is 0. The SMILES string of the molecule is CC1(C)OC(=O)[C@H](CCBr)O1. The molecule has 64 valence electrons. The highest BCUT2D eigenvalue weighted by Gasteiger charge is 2.40. The molecule has 11 heavy (non-hydrogen) atoms. The second-order valence-corrected chi connectivity index (χ2v) is 3.70. The van der Waals surface area contributed by atoms with E-state index >= 15 is 0 Å². The van der Waals surface area contributed by atoms with Crippen LogP contribution < -0.4 is 0 Å². The summed E-state index contributed by atoms with van der Waals surface area (Å²) in [4.78, 5) is 11.0. The second-order valence-electron chi connectivity index (χ2n) is 2.91. The highest BCUT2D eigenvalue weighted by atomic mass is 79.9. The first kappa shape index (κ1) is 9.00. The molecule has 1 aliphatic heterocycles. The third-order valence-electron chi connectivity index (χ3n) is 1.41. The predicted octanol–water partition coefficient (Wildman–Crippen LogP) is 1.45. The lowest BCUT2D eigenvalue weighted by atomic mass is 10.3. The van der Waals surface area contributed by atoms with Crippen molar-refractivity contribution in [1.29, 1.82) is 0 Å². The molecule has 1 aliphatic rings. The number of carbonyl (C=O) groups is 1. The van der Waals surface area contributed by atoms with Gasteiger partial charge in [0.05, 0.1) is 0 Å². The van der Waals surface area contributed by atoms with Crippen LogP contribution in [0.25, 0.3) is 0 Å². The minimum absolute atomic E-state index is 0.255. The van der Waals surface area contributed by atoms with E-state index < -0.39 is 5.79 Å². The lowest BCUT2D eigenvalue weighted by Crippen LogP contribution is -2.21. The van der Waals surface area contributed by atoms with Crippen molar-refractivity contribution in [2.75, 3.05) is 5.33 Å². The van der Waals surface area contributed by atoms with E-state index in [0.29, 0.717) is 6.42 Å². The molecule has 1 heterocycles. The fourth-order valence-corrected chi connectivity index (χ4v) is 1.41. The van der Waals surface area contributed by atoms with Crippen molar-refractivity contribution < 1.29 is 14.3 Å². The van der Waals surface area contributed by atoms with E-state index in [0.717, 1.165) is 5.33 Å². The van der Waals surface area contributed by atoms with Crippen LogP contribution >= 0.6 is 15.9 Å². The fraction of sp³-hybridized carbons (Fsp3) is 0.857. The smallest absolute Gasteiger partial charge is 0.337 e. The molecule has 1 saturated heterocycles. The van der Waals surface area contributed by atoms with Gasteiger partial charge in [-0.05, 0) is 6.42 Å². The lowest BCUT2D eigenvalue weighted by molar-refractivity contribution is -0.160. The van der Waals surface area contributed by atoms with Gasteiger partial charge in [-0.15, -0.1) is 0 Å². The van der Waals surface area contributed by atoms with Gasteiger partial charge < -0.3 is 9.47 Å². The van der Waals surface area contributed by atoms with E-state index in [2.05, 4.69) is 15.9 Å². The maximum Gasteiger partial charge on any atom is 0.337 e. The average molecular weight is 223 g/mol. The third-order valence-corrected chi connectivity index (χ3v) is 1.86. The number of esters is 1. The van der Waals surface area contributed by atoms with E-state index in [9.17, 15) is 4.79 Å².